The summed E-state index contributed by atoms with van der Waals surface area (Å²) in [7, 11) is 0. The van der Waals surface area contributed by atoms with Crippen molar-refractivity contribution in [3.8, 4) is 22.7 Å². The smallest absolute Gasteiger partial charge is 0.465 e. The van der Waals surface area contributed by atoms with E-state index in [1.54, 1.807) is 17.7 Å². The van der Waals surface area contributed by atoms with Crippen LogP contribution < -0.4 is 4.74 Å². The van der Waals surface area contributed by atoms with Gasteiger partial charge in [-0.3, -0.25) is 9.36 Å². The highest BCUT2D eigenvalue weighted by Gasteiger charge is 2.31. The average Bonchev–Trinajstić information content (AvgIpc) is 3.10. The van der Waals surface area contributed by atoms with Crippen molar-refractivity contribution in [3.63, 3.8) is 0 Å². The number of hydrogen-bond acceptors (Lipinski definition) is 5. The van der Waals surface area contributed by atoms with Crippen LogP contribution >= 0.6 is 11.8 Å². The quantitative estimate of drug-likeness (QED) is 0.367. The van der Waals surface area contributed by atoms with Crippen LogP contribution in [0.1, 0.15) is 12.5 Å². The normalized spacial score (nSPS) is 11.4. The molecule has 0 amide bonds. The zero-order valence-electron chi connectivity index (χ0n) is 16.3. The van der Waals surface area contributed by atoms with E-state index in [4.69, 9.17) is 4.74 Å². The number of aryl methyl sites for hydroxylation is 1. The molecule has 3 rings (SSSR count). The maximum absolute atomic E-state index is 12.5. The Morgan fingerprint density at radius 3 is 2.37 bits per heavy atom. The lowest BCUT2D eigenvalue weighted by molar-refractivity contribution is -0.274. The van der Waals surface area contributed by atoms with Crippen LogP contribution in [0.2, 0.25) is 0 Å². The molecule has 0 saturated heterocycles. The Hall–Kier alpha value is -2.94. The summed E-state index contributed by atoms with van der Waals surface area (Å²) in [5.41, 5.74) is 3.30. The molecule has 0 spiro atoms. The molecular weight excluding hydrogens is 417 g/mol. The predicted molar refractivity (Wildman–Crippen MR) is 108 cm³/mol. The van der Waals surface area contributed by atoms with Crippen molar-refractivity contribution in [3.05, 3.63) is 60.3 Å². The second-order valence-corrected chi connectivity index (χ2v) is 7.21. The van der Waals surface area contributed by atoms with Crippen molar-refractivity contribution >= 4 is 17.7 Å². The van der Waals surface area contributed by atoms with E-state index in [9.17, 15) is 18.0 Å². The van der Waals surface area contributed by atoms with Gasteiger partial charge in [-0.05, 0) is 38.1 Å². The number of esters is 1. The van der Waals surface area contributed by atoms with Gasteiger partial charge in [0, 0.05) is 11.3 Å². The number of carbonyl (C=O) groups is 1. The van der Waals surface area contributed by atoms with Crippen LogP contribution in [0.5, 0.6) is 5.75 Å². The molecule has 0 N–H and O–H groups in total. The van der Waals surface area contributed by atoms with Gasteiger partial charge in [-0.25, -0.2) is 4.98 Å². The molecule has 5 nitrogen and oxygen atoms in total. The molecule has 0 radical (unpaired) electrons. The molecule has 0 atom stereocenters. The van der Waals surface area contributed by atoms with E-state index >= 15 is 0 Å². The lowest BCUT2D eigenvalue weighted by atomic mass is 10.1. The zero-order valence-corrected chi connectivity index (χ0v) is 17.1. The number of aromatic nitrogens is 2. The third-order valence-corrected chi connectivity index (χ3v) is 4.96. The van der Waals surface area contributed by atoms with E-state index in [-0.39, 0.29) is 24.1 Å². The molecule has 1 aromatic heterocycles. The van der Waals surface area contributed by atoms with Gasteiger partial charge >= 0.3 is 12.3 Å². The third kappa shape index (κ3) is 5.56. The van der Waals surface area contributed by atoms with Crippen LogP contribution in [0.4, 0.5) is 13.2 Å². The largest absolute Gasteiger partial charge is 0.573 e. The SMILES string of the molecule is CCOC(=O)CSc1ncc(-c2ccc(C)cc2)n1-c1ccc(OC(F)(F)F)cc1. The Bertz CT molecular complexity index is 1000. The second-order valence-electron chi connectivity index (χ2n) is 6.26. The number of benzene rings is 2. The maximum atomic E-state index is 12.5. The minimum Gasteiger partial charge on any atom is -0.465 e. The van der Waals surface area contributed by atoms with Gasteiger partial charge in [0.15, 0.2) is 5.16 Å². The summed E-state index contributed by atoms with van der Waals surface area (Å²) in [5.74, 6) is -0.625. The molecule has 30 heavy (non-hydrogen) atoms. The minimum atomic E-state index is -4.76. The number of alkyl halides is 3. The standard InChI is InChI=1S/C21H19F3N2O3S/c1-3-28-19(27)13-30-20-25-12-18(15-6-4-14(2)5-7-15)26(20)16-8-10-17(11-9-16)29-21(22,23)24/h4-12H,3,13H2,1-2H3. The molecule has 0 fully saturated rings. The Morgan fingerprint density at radius 2 is 1.77 bits per heavy atom. The first-order valence-electron chi connectivity index (χ1n) is 9.06. The first kappa shape index (κ1) is 21.8. The summed E-state index contributed by atoms with van der Waals surface area (Å²) in [6.07, 6.45) is -3.09. The number of thioether (sulfide) groups is 1. The van der Waals surface area contributed by atoms with Crippen molar-refractivity contribution in [2.24, 2.45) is 0 Å². The van der Waals surface area contributed by atoms with E-state index in [2.05, 4.69) is 9.72 Å². The molecule has 0 aliphatic carbocycles. The van der Waals surface area contributed by atoms with E-state index in [0.717, 1.165) is 16.8 Å². The van der Waals surface area contributed by atoms with Gasteiger partial charge < -0.3 is 9.47 Å². The van der Waals surface area contributed by atoms with Gasteiger partial charge in [0.2, 0.25) is 0 Å². The predicted octanol–water partition coefficient (Wildman–Crippen LogP) is 5.40. The van der Waals surface area contributed by atoms with Crippen LogP contribution in [0.25, 0.3) is 16.9 Å². The van der Waals surface area contributed by atoms with Crippen LogP contribution in [-0.2, 0) is 9.53 Å². The van der Waals surface area contributed by atoms with E-state index in [1.807, 2.05) is 31.2 Å². The van der Waals surface area contributed by atoms with Crippen molar-refractivity contribution in [2.75, 3.05) is 12.4 Å². The van der Waals surface area contributed by atoms with E-state index in [0.29, 0.717) is 10.8 Å². The summed E-state index contributed by atoms with van der Waals surface area (Å²) >= 11 is 1.19. The molecule has 2 aromatic carbocycles. The lowest BCUT2D eigenvalue weighted by Crippen LogP contribution is -2.17. The van der Waals surface area contributed by atoms with Crippen LogP contribution in [0.3, 0.4) is 0 Å². The van der Waals surface area contributed by atoms with Crippen molar-refractivity contribution in [1.82, 2.24) is 9.55 Å². The lowest BCUT2D eigenvalue weighted by Gasteiger charge is -2.14. The molecule has 0 aliphatic rings. The number of imidazole rings is 1. The minimum absolute atomic E-state index is 0.0630. The van der Waals surface area contributed by atoms with Gasteiger partial charge in [-0.2, -0.15) is 0 Å². The van der Waals surface area contributed by atoms with Crippen molar-refractivity contribution < 1.29 is 27.4 Å². The van der Waals surface area contributed by atoms with Gasteiger partial charge in [0.25, 0.3) is 0 Å². The molecular formula is C21H19F3N2O3S. The van der Waals surface area contributed by atoms with Gasteiger partial charge in [0.1, 0.15) is 5.75 Å². The Labute approximate surface area is 175 Å². The summed E-state index contributed by atoms with van der Waals surface area (Å²) in [4.78, 5) is 16.2. The van der Waals surface area contributed by atoms with Gasteiger partial charge in [-0.15, -0.1) is 13.2 Å². The number of hydrogen-bond donors (Lipinski definition) is 0. The van der Waals surface area contributed by atoms with Crippen molar-refractivity contribution in [2.45, 2.75) is 25.4 Å². The molecule has 1 heterocycles. The molecule has 0 unspecified atom stereocenters. The molecule has 0 saturated carbocycles. The van der Waals surface area contributed by atoms with E-state index in [1.165, 1.54) is 36.0 Å². The van der Waals surface area contributed by atoms with Crippen molar-refractivity contribution in [1.29, 1.82) is 0 Å². The Kier molecular flexibility index (Phi) is 6.71. The highest BCUT2D eigenvalue weighted by Crippen LogP contribution is 2.31. The first-order valence-corrected chi connectivity index (χ1v) is 10.0. The molecule has 3 aromatic rings. The highest BCUT2D eigenvalue weighted by molar-refractivity contribution is 7.99. The summed E-state index contributed by atoms with van der Waals surface area (Å²) in [6, 6.07) is 13.3. The molecule has 0 bridgehead atoms. The van der Waals surface area contributed by atoms with E-state index < -0.39 is 6.36 Å². The Morgan fingerprint density at radius 1 is 1.10 bits per heavy atom. The summed E-state index contributed by atoms with van der Waals surface area (Å²) in [6.45, 7) is 3.98. The third-order valence-electron chi connectivity index (χ3n) is 4.03. The number of ether oxygens (including phenoxy) is 2. The molecule has 0 aliphatic heterocycles. The van der Waals surface area contributed by atoms with Gasteiger partial charge in [0.05, 0.1) is 24.3 Å². The monoisotopic (exact) mass is 436 g/mol. The zero-order chi connectivity index (χ0) is 21.7. The second kappa shape index (κ2) is 9.25. The highest BCUT2D eigenvalue weighted by atomic mass is 32.2. The number of halogens is 3. The maximum Gasteiger partial charge on any atom is 0.573 e. The molecule has 158 valence electrons. The average molecular weight is 436 g/mol. The summed E-state index contributed by atoms with van der Waals surface area (Å²) in [5, 5.41) is 0.517. The topological polar surface area (TPSA) is 53.3 Å². The fraction of sp³-hybridized carbons (Fsp3) is 0.238. The first-order chi connectivity index (χ1) is 14.3. The fourth-order valence-electron chi connectivity index (χ4n) is 2.74. The Balaban J connectivity index is 1.97. The fourth-order valence-corrected chi connectivity index (χ4v) is 3.53. The number of carbonyl (C=O) groups excluding carboxylic acids is 1. The van der Waals surface area contributed by atoms with Crippen LogP contribution in [0, 0.1) is 6.92 Å². The summed E-state index contributed by atoms with van der Waals surface area (Å²) < 4.78 is 48.0. The number of nitrogens with zero attached hydrogens (tertiary/aromatic N) is 2. The van der Waals surface area contributed by atoms with Crippen LogP contribution in [-0.4, -0.2) is 34.2 Å². The van der Waals surface area contributed by atoms with Crippen LogP contribution in [0.15, 0.2) is 59.9 Å². The number of rotatable bonds is 7. The molecule has 9 heteroatoms. The van der Waals surface area contributed by atoms with Gasteiger partial charge in [-0.1, -0.05) is 41.6 Å².